The number of aromatic nitrogens is 2. The molecule has 5 rings (SSSR count). The molecule has 0 bridgehead atoms. The standard InChI is InChI=1S/C24H28N2O2/c1-28-20-4-2-3-19(13-20)16-5-9-18(10-6-16)24(27)23-21(17-7-8-17)11-12-26-15-25-14-22(23)26/h2-4,11-18,24,27H,5-10H2,1H3/t16?,18?,24-/m1/s1. The van der Waals surface area contributed by atoms with Crippen LogP contribution in [0.1, 0.15) is 73.2 Å². The minimum absolute atomic E-state index is 0.320. The molecule has 1 atom stereocenters. The summed E-state index contributed by atoms with van der Waals surface area (Å²) in [5, 5.41) is 11.4. The first-order chi connectivity index (χ1) is 13.7. The van der Waals surface area contributed by atoms with E-state index in [1.165, 1.54) is 24.0 Å². The average molecular weight is 377 g/mol. The Morgan fingerprint density at radius 1 is 1.07 bits per heavy atom. The Labute approximate surface area is 166 Å². The van der Waals surface area contributed by atoms with Crippen molar-refractivity contribution in [3.63, 3.8) is 0 Å². The molecule has 2 fully saturated rings. The second kappa shape index (κ2) is 7.25. The van der Waals surface area contributed by atoms with Gasteiger partial charge in [-0.05, 0) is 85.6 Å². The Morgan fingerprint density at radius 2 is 1.86 bits per heavy atom. The van der Waals surface area contributed by atoms with Crippen LogP contribution in [0.2, 0.25) is 0 Å². The van der Waals surface area contributed by atoms with Gasteiger partial charge in [0.1, 0.15) is 5.75 Å². The molecule has 28 heavy (non-hydrogen) atoms. The first kappa shape index (κ1) is 17.7. The van der Waals surface area contributed by atoms with Crippen molar-refractivity contribution in [2.45, 2.75) is 56.5 Å². The molecule has 1 N–H and O–H groups in total. The fraction of sp³-hybridized carbons (Fsp3) is 0.458. The van der Waals surface area contributed by atoms with Crippen LogP contribution in [0.4, 0.5) is 0 Å². The summed E-state index contributed by atoms with van der Waals surface area (Å²) in [6.07, 6.45) is 12.3. The molecule has 0 unspecified atom stereocenters. The summed E-state index contributed by atoms with van der Waals surface area (Å²) in [6, 6.07) is 10.7. The number of methoxy groups -OCH3 is 1. The van der Waals surface area contributed by atoms with Gasteiger partial charge in [0.15, 0.2) is 0 Å². The molecule has 0 radical (unpaired) electrons. The number of ether oxygens (including phenoxy) is 1. The van der Waals surface area contributed by atoms with Gasteiger partial charge < -0.3 is 14.2 Å². The molecular weight excluding hydrogens is 348 g/mol. The monoisotopic (exact) mass is 376 g/mol. The number of benzene rings is 1. The average Bonchev–Trinajstić information content (AvgIpc) is 3.49. The molecule has 0 saturated heterocycles. The van der Waals surface area contributed by atoms with Gasteiger partial charge in [-0.3, -0.25) is 0 Å². The van der Waals surface area contributed by atoms with Gasteiger partial charge in [-0.15, -0.1) is 0 Å². The van der Waals surface area contributed by atoms with E-state index >= 15 is 0 Å². The molecule has 2 aliphatic rings. The molecule has 2 aromatic heterocycles. The zero-order valence-electron chi connectivity index (χ0n) is 16.4. The Hall–Kier alpha value is -2.33. The second-order valence-electron chi connectivity index (χ2n) is 8.48. The smallest absolute Gasteiger partial charge is 0.119 e. The largest absolute Gasteiger partial charge is 0.497 e. The van der Waals surface area contributed by atoms with Crippen molar-refractivity contribution in [2.75, 3.05) is 7.11 Å². The van der Waals surface area contributed by atoms with Crippen molar-refractivity contribution in [1.82, 2.24) is 9.38 Å². The Balaban J connectivity index is 1.36. The third-order valence-corrected chi connectivity index (χ3v) is 6.76. The predicted molar refractivity (Wildman–Crippen MR) is 110 cm³/mol. The lowest BCUT2D eigenvalue weighted by Gasteiger charge is -2.33. The number of pyridine rings is 1. The molecule has 3 aromatic rings. The van der Waals surface area contributed by atoms with Gasteiger partial charge in [0, 0.05) is 11.8 Å². The first-order valence-corrected chi connectivity index (χ1v) is 10.5. The quantitative estimate of drug-likeness (QED) is 0.663. The highest BCUT2D eigenvalue weighted by molar-refractivity contribution is 5.59. The highest BCUT2D eigenvalue weighted by Crippen LogP contribution is 2.48. The van der Waals surface area contributed by atoms with Crippen LogP contribution in [-0.4, -0.2) is 21.6 Å². The number of rotatable bonds is 5. The van der Waals surface area contributed by atoms with Gasteiger partial charge in [-0.25, -0.2) is 4.98 Å². The number of fused-ring (bicyclic) bond motifs is 1. The van der Waals surface area contributed by atoms with Gasteiger partial charge >= 0.3 is 0 Å². The summed E-state index contributed by atoms with van der Waals surface area (Å²) in [6.45, 7) is 0. The van der Waals surface area contributed by atoms with Crippen molar-refractivity contribution >= 4 is 5.52 Å². The van der Waals surface area contributed by atoms with E-state index in [4.69, 9.17) is 4.74 Å². The second-order valence-corrected chi connectivity index (χ2v) is 8.48. The minimum atomic E-state index is -0.401. The lowest BCUT2D eigenvalue weighted by molar-refractivity contribution is 0.0810. The highest BCUT2D eigenvalue weighted by atomic mass is 16.5. The zero-order chi connectivity index (χ0) is 19.1. The molecule has 146 valence electrons. The summed E-state index contributed by atoms with van der Waals surface area (Å²) in [5.41, 5.74) is 4.92. The van der Waals surface area contributed by atoms with E-state index in [0.717, 1.165) is 42.5 Å². The first-order valence-electron chi connectivity index (χ1n) is 10.5. The molecule has 1 aromatic carbocycles. The van der Waals surface area contributed by atoms with Crippen molar-refractivity contribution in [3.8, 4) is 5.75 Å². The minimum Gasteiger partial charge on any atom is -0.497 e. The van der Waals surface area contributed by atoms with Crippen LogP contribution >= 0.6 is 0 Å². The molecule has 4 heteroatoms. The fourth-order valence-corrected chi connectivity index (χ4v) is 5.00. The molecule has 0 spiro atoms. The van der Waals surface area contributed by atoms with E-state index in [1.54, 1.807) is 7.11 Å². The fourth-order valence-electron chi connectivity index (χ4n) is 5.00. The van der Waals surface area contributed by atoms with Crippen molar-refractivity contribution in [3.05, 3.63) is 65.7 Å². The topological polar surface area (TPSA) is 46.8 Å². The number of imidazole rings is 1. The molecule has 4 nitrogen and oxygen atoms in total. The van der Waals surface area contributed by atoms with E-state index in [-0.39, 0.29) is 0 Å². The highest BCUT2D eigenvalue weighted by Gasteiger charge is 2.34. The normalized spacial score (nSPS) is 23.6. The van der Waals surface area contributed by atoms with E-state index in [9.17, 15) is 5.11 Å². The summed E-state index contributed by atoms with van der Waals surface area (Å²) >= 11 is 0. The van der Waals surface area contributed by atoms with Gasteiger partial charge in [-0.1, -0.05) is 12.1 Å². The molecular formula is C24H28N2O2. The van der Waals surface area contributed by atoms with Gasteiger partial charge in [0.2, 0.25) is 0 Å². The van der Waals surface area contributed by atoms with Crippen LogP contribution in [0.5, 0.6) is 5.75 Å². The van der Waals surface area contributed by atoms with Gasteiger partial charge in [0.25, 0.3) is 0 Å². The van der Waals surface area contributed by atoms with Crippen molar-refractivity contribution in [1.29, 1.82) is 0 Å². The Bertz CT molecular complexity index is 968. The maximum atomic E-state index is 11.4. The maximum Gasteiger partial charge on any atom is 0.119 e. The third-order valence-electron chi connectivity index (χ3n) is 6.76. The lowest BCUT2D eigenvalue weighted by atomic mass is 9.75. The van der Waals surface area contributed by atoms with Gasteiger partial charge in [0.05, 0.1) is 31.3 Å². The number of aliphatic hydroxyl groups is 1. The molecule has 2 heterocycles. The van der Waals surface area contributed by atoms with Gasteiger partial charge in [-0.2, -0.15) is 0 Å². The SMILES string of the molecule is COc1cccc(C2CCC([C@@H](O)c3c(C4CC4)ccn4cncc34)CC2)c1. The summed E-state index contributed by atoms with van der Waals surface area (Å²) < 4.78 is 7.44. The zero-order valence-corrected chi connectivity index (χ0v) is 16.4. The van der Waals surface area contributed by atoms with E-state index in [2.05, 4.69) is 35.4 Å². The van der Waals surface area contributed by atoms with Crippen molar-refractivity contribution in [2.24, 2.45) is 5.92 Å². The third kappa shape index (κ3) is 3.20. The van der Waals surface area contributed by atoms with Crippen LogP contribution in [0, 0.1) is 5.92 Å². The van der Waals surface area contributed by atoms with Crippen LogP contribution in [-0.2, 0) is 0 Å². The van der Waals surface area contributed by atoms with E-state index < -0.39 is 6.10 Å². The number of aliphatic hydroxyl groups excluding tert-OH is 1. The predicted octanol–water partition coefficient (Wildman–Crippen LogP) is 5.23. The molecule has 0 amide bonds. The summed E-state index contributed by atoms with van der Waals surface area (Å²) in [5.74, 6) is 2.44. The lowest BCUT2D eigenvalue weighted by Crippen LogP contribution is -2.21. The van der Waals surface area contributed by atoms with Crippen LogP contribution < -0.4 is 4.74 Å². The molecule has 0 aliphatic heterocycles. The van der Waals surface area contributed by atoms with E-state index in [0.29, 0.717) is 17.8 Å². The van der Waals surface area contributed by atoms with Crippen LogP contribution in [0.3, 0.4) is 0 Å². The van der Waals surface area contributed by atoms with Crippen molar-refractivity contribution < 1.29 is 9.84 Å². The van der Waals surface area contributed by atoms with Crippen LogP contribution in [0.15, 0.2) is 49.1 Å². The maximum absolute atomic E-state index is 11.4. The molecule has 2 aliphatic carbocycles. The summed E-state index contributed by atoms with van der Waals surface area (Å²) in [7, 11) is 1.72. The Morgan fingerprint density at radius 3 is 2.61 bits per heavy atom. The summed E-state index contributed by atoms with van der Waals surface area (Å²) in [4.78, 5) is 4.32. The number of hydrogen-bond acceptors (Lipinski definition) is 3. The number of nitrogens with zero attached hydrogens (tertiary/aromatic N) is 2. The van der Waals surface area contributed by atoms with Crippen LogP contribution in [0.25, 0.3) is 5.52 Å². The Kier molecular flexibility index (Phi) is 4.59. The number of hydrogen-bond donors (Lipinski definition) is 1. The molecule has 2 saturated carbocycles. The van der Waals surface area contributed by atoms with E-state index in [1.807, 2.05) is 23.0 Å².